The summed E-state index contributed by atoms with van der Waals surface area (Å²) in [6.07, 6.45) is -1.62. The Morgan fingerprint density at radius 2 is 1.75 bits per heavy atom. The van der Waals surface area contributed by atoms with Crippen LogP contribution in [-0.4, -0.2) is 30.0 Å². The number of rotatable bonds is 6. The van der Waals surface area contributed by atoms with Gasteiger partial charge in [-0.2, -0.15) is 13.2 Å². The van der Waals surface area contributed by atoms with Crippen LogP contribution in [0.4, 0.5) is 18.9 Å². The quantitative estimate of drug-likeness (QED) is 0.687. The number of esters is 1. The summed E-state index contributed by atoms with van der Waals surface area (Å²) in [6, 6.07) is 8.31. The molecule has 2 aromatic rings. The summed E-state index contributed by atoms with van der Waals surface area (Å²) in [7, 11) is 0. The molecule has 0 radical (unpaired) electrons. The fourth-order valence-corrected chi connectivity index (χ4v) is 2.70. The van der Waals surface area contributed by atoms with Gasteiger partial charge in [0.2, 0.25) is 0 Å². The van der Waals surface area contributed by atoms with E-state index in [1.807, 2.05) is 0 Å². The zero-order valence-corrected chi connectivity index (χ0v) is 15.2. The second-order valence-electron chi connectivity index (χ2n) is 6.56. The third-order valence-electron chi connectivity index (χ3n) is 4.37. The van der Waals surface area contributed by atoms with Crippen molar-refractivity contribution >= 4 is 17.6 Å². The van der Waals surface area contributed by atoms with E-state index in [9.17, 15) is 22.8 Å². The SMILES string of the molecule is CCOC(=O)c1ccc(N(CC2CC2)C(=O)c2ccc(C(F)(F)F)nc2)cc1. The Morgan fingerprint density at radius 3 is 2.25 bits per heavy atom. The van der Waals surface area contributed by atoms with Crippen LogP contribution >= 0.6 is 0 Å². The van der Waals surface area contributed by atoms with Crippen molar-refractivity contribution in [2.45, 2.75) is 25.9 Å². The highest BCUT2D eigenvalue weighted by Crippen LogP contribution is 2.33. The van der Waals surface area contributed by atoms with Crippen molar-refractivity contribution in [2.24, 2.45) is 5.92 Å². The van der Waals surface area contributed by atoms with E-state index < -0.39 is 23.7 Å². The molecule has 5 nitrogen and oxygen atoms in total. The van der Waals surface area contributed by atoms with Gasteiger partial charge in [0, 0.05) is 18.4 Å². The molecule has 0 unspecified atom stereocenters. The lowest BCUT2D eigenvalue weighted by Gasteiger charge is -2.23. The predicted molar refractivity (Wildman–Crippen MR) is 96.0 cm³/mol. The topological polar surface area (TPSA) is 59.5 Å². The number of ether oxygens (including phenoxy) is 1. The average Bonchev–Trinajstić information content (AvgIpc) is 3.50. The lowest BCUT2D eigenvalue weighted by atomic mass is 10.1. The maximum atomic E-state index is 12.9. The highest BCUT2D eigenvalue weighted by Gasteiger charge is 2.33. The van der Waals surface area contributed by atoms with Gasteiger partial charge in [0.05, 0.1) is 17.7 Å². The first-order valence-corrected chi connectivity index (χ1v) is 8.92. The molecule has 0 aliphatic heterocycles. The van der Waals surface area contributed by atoms with Crippen molar-refractivity contribution in [2.75, 3.05) is 18.1 Å². The van der Waals surface area contributed by atoms with Crippen LogP contribution in [0.25, 0.3) is 0 Å². The monoisotopic (exact) mass is 392 g/mol. The number of alkyl halides is 3. The molecule has 28 heavy (non-hydrogen) atoms. The molecule has 1 aliphatic rings. The summed E-state index contributed by atoms with van der Waals surface area (Å²) in [4.78, 5) is 29.6. The molecule has 1 aromatic carbocycles. The van der Waals surface area contributed by atoms with Gasteiger partial charge in [0.25, 0.3) is 5.91 Å². The average molecular weight is 392 g/mol. The summed E-state index contributed by atoms with van der Waals surface area (Å²) in [5, 5.41) is 0. The zero-order valence-electron chi connectivity index (χ0n) is 15.2. The summed E-state index contributed by atoms with van der Waals surface area (Å²) in [5.41, 5.74) is -0.0508. The number of hydrogen-bond acceptors (Lipinski definition) is 4. The van der Waals surface area contributed by atoms with Crippen LogP contribution in [0.2, 0.25) is 0 Å². The molecule has 1 aliphatic carbocycles. The number of carbonyl (C=O) groups excluding carboxylic acids is 2. The highest BCUT2D eigenvalue weighted by molar-refractivity contribution is 6.06. The van der Waals surface area contributed by atoms with Crippen LogP contribution in [-0.2, 0) is 10.9 Å². The van der Waals surface area contributed by atoms with Crippen molar-refractivity contribution in [1.82, 2.24) is 4.98 Å². The van der Waals surface area contributed by atoms with E-state index in [-0.39, 0.29) is 12.2 Å². The number of benzene rings is 1. The first-order chi connectivity index (χ1) is 13.3. The molecule has 1 heterocycles. The third kappa shape index (κ3) is 4.68. The zero-order chi connectivity index (χ0) is 20.3. The minimum absolute atomic E-state index is 0.0723. The minimum atomic E-state index is -4.56. The highest BCUT2D eigenvalue weighted by atomic mass is 19.4. The molecule has 0 N–H and O–H groups in total. The fourth-order valence-electron chi connectivity index (χ4n) is 2.70. The summed E-state index contributed by atoms with van der Waals surface area (Å²) < 4.78 is 43.0. The number of halogens is 3. The van der Waals surface area contributed by atoms with Crippen LogP contribution < -0.4 is 4.90 Å². The Kier molecular flexibility index (Phi) is 5.67. The molecule has 1 amide bonds. The lowest BCUT2D eigenvalue weighted by molar-refractivity contribution is -0.141. The molecule has 3 rings (SSSR count). The van der Waals surface area contributed by atoms with Crippen LogP contribution in [0, 0.1) is 5.92 Å². The number of carbonyl (C=O) groups is 2. The van der Waals surface area contributed by atoms with E-state index in [4.69, 9.17) is 4.74 Å². The van der Waals surface area contributed by atoms with Gasteiger partial charge in [-0.25, -0.2) is 4.79 Å². The van der Waals surface area contributed by atoms with E-state index in [1.165, 1.54) is 4.90 Å². The normalized spacial score (nSPS) is 13.9. The molecule has 1 saturated carbocycles. The summed E-state index contributed by atoms with van der Waals surface area (Å²) in [6.45, 7) is 2.42. The van der Waals surface area contributed by atoms with E-state index >= 15 is 0 Å². The molecule has 8 heteroatoms. The number of aromatic nitrogens is 1. The first kappa shape index (κ1) is 19.9. The van der Waals surface area contributed by atoms with Crippen molar-refractivity contribution in [3.05, 3.63) is 59.4 Å². The molecule has 1 fully saturated rings. The molecular weight excluding hydrogens is 373 g/mol. The van der Waals surface area contributed by atoms with Gasteiger partial charge in [0.15, 0.2) is 0 Å². The standard InChI is InChI=1S/C20H19F3N2O3/c1-2-28-19(27)14-5-8-16(9-6-14)25(12-13-3-4-13)18(26)15-7-10-17(24-11-15)20(21,22)23/h5-11,13H,2-4,12H2,1H3. The Bertz CT molecular complexity index is 844. The van der Waals surface area contributed by atoms with Crippen molar-refractivity contribution in [3.8, 4) is 0 Å². The molecule has 0 atom stereocenters. The predicted octanol–water partition coefficient (Wildman–Crippen LogP) is 4.33. The molecular formula is C20H19F3N2O3. The second-order valence-corrected chi connectivity index (χ2v) is 6.56. The molecule has 0 spiro atoms. The Morgan fingerprint density at radius 1 is 1.11 bits per heavy atom. The number of pyridine rings is 1. The Balaban J connectivity index is 1.83. The van der Waals surface area contributed by atoms with Gasteiger partial charge in [-0.3, -0.25) is 9.78 Å². The largest absolute Gasteiger partial charge is 0.462 e. The molecule has 1 aromatic heterocycles. The summed E-state index contributed by atoms with van der Waals surface area (Å²) in [5.74, 6) is -0.533. The molecule has 0 saturated heterocycles. The van der Waals surface area contributed by atoms with Crippen molar-refractivity contribution in [3.63, 3.8) is 0 Å². The fraction of sp³-hybridized carbons (Fsp3) is 0.350. The van der Waals surface area contributed by atoms with Gasteiger partial charge >= 0.3 is 12.1 Å². The maximum absolute atomic E-state index is 12.9. The van der Waals surface area contributed by atoms with Crippen LogP contribution in [0.3, 0.4) is 0 Å². The molecule has 148 valence electrons. The number of anilines is 1. The first-order valence-electron chi connectivity index (χ1n) is 8.92. The van der Waals surface area contributed by atoms with E-state index in [1.54, 1.807) is 31.2 Å². The van der Waals surface area contributed by atoms with Crippen LogP contribution in [0.5, 0.6) is 0 Å². The second kappa shape index (κ2) is 8.00. The van der Waals surface area contributed by atoms with Gasteiger partial charge in [0.1, 0.15) is 5.69 Å². The van der Waals surface area contributed by atoms with E-state index in [2.05, 4.69) is 4.98 Å². The van der Waals surface area contributed by atoms with Gasteiger partial charge in [-0.1, -0.05) is 0 Å². The number of hydrogen-bond donors (Lipinski definition) is 0. The van der Waals surface area contributed by atoms with Gasteiger partial charge in [-0.15, -0.1) is 0 Å². The van der Waals surface area contributed by atoms with Crippen LogP contribution in [0.1, 0.15) is 46.2 Å². The van der Waals surface area contributed by atoms with Gasteiger partial charge < -0.3 is 9.64 Å². The smallest absolute Gasteiger partial charge is 0.433 e. The van der Waals surface area contributed by atoms with Gasteiger partial charge in [-0.05, 0) is 62.1 Å². The summed E-state index contributed by atoms with van der Waals surface area (Å²) >= 11 is 0. The Hall–Kier alpha value is -2.90. The lowest BCUT2D eigenvalue weighted by Crippen LogP contribution is -2.33. The van der Waals surface area contributed by atoms with Crippen LogP contribution in [0.15, 0.2) is 42.6 Å². The van der Waals surface area contributed by atoms with E-state index in [0.29, 0.717) is 23.7 Å². The number of nitrogens with zero attached hydrogens (tertiary/aromatic N) is 2. The minimum Gasteiger partial charge on any atom is -0.462 e. The van der Waals surface area contributed by atoms with E-state index in [0.717, 1.165) is 31.2 Å². The Labute approximate surface area is 160 Å². The molecule has 0 bridgehead atoms. The third-order valence-corrected chi connectivity index (χ3v) is 4.37. The maximum Gasteiger partial charge on any atom is 0.433 e. The van der Waals surface area contributed by atoms with Crippen molar-refractivity contribution in [1.29, 1.82) is 0 Å². The number of amides is 1. The van der Waals surface area contributed by atoms with Crippen molar-refractivity contribution < 1.29 is 27.5 Å².